The number of halogens is 1. The molecule has 0 unspecified atom stereocenters. The van der Waals surface area contributed by atoms with E-state index in [1.807, 2.05) is 27.0 Å². The lowest BCUT2D eigenvalue weighted by Gasteiger charge is -2.15. The van der Waals surface area contributed by atoms with Crippen molar-refractivity contribution >= 4 is 17.5 Å². The Morgan fingerprint density at radius 1 is 1.28 bits per heavy atom. The minimum Gasteiger partial charge on any atom is -0.334 e. The van der Waals surface area contributed by atoms with Crippen LogP contribution in [0.5, 0.6) is 0 Å². The summed E-state index contributed by atoms with van der Waals surface area (Å²) in [4.78, 5) is 14.2. The molecule has 0 aliphatic heterocycles. The van der Waals surface area contributed by atoms with E-state index in [9.17, 15) is 4.79 Å². The minimum absolute atomic E-state index is 0.147. The third-order valence-electron chi connectivity index (χ3n) is 4.10. The number of aryl methyl sites for hydroxylation is 2. The first kappa shape index (κ1) is 17.2. The molecule has 1 amide bonds. The third kappa shape index (κ3) is 3.43. The van der Waals surface area contributed by atoms with Gasteiger partial charge in [-0.3, -0.25) is 14.2 Å². The van der Waals surface area contributed by atoms with Gasteiger partial charge in [-0.25, -0.2) is 4.68 Å². The van der Waals surface area contributed by atoms with Crippen molar-refractivity contribution in [1.82, 2.24) is 34.2 Å². The van der Waals surface area contributed by atoms with Gasteiger partial charge in [0, 0.05) is 26.5 Å². The summed E-state index contributed by atoms with van der Waals surface area (Å²) in [5.41, 5.74) is 2.99. The number of aromatic nitrogens is 6. The van der Waals surface area contributed by atoms with Crippen molar-refractivity contribution < 1.29 is 4.79 Å². The van der Waals surface area contributed by atoms with E-state index in [-0.39, 0.29) is 5.91 Å². The molecule has 8 nitrogen and oxygen atoms in total. The Hall–Kier alpha value is -2.61. The fourth-order valence-corrected chi connectivity index (χ4v) is 2.71. The second-order valence-electron chi connectivity index (χ2n) is 5.97. The Morgan fingerprint density at radius 3 is 2.64 bits per heavy atom. The average Bonchev–Trinajstić information content (AvgIpc) is 3.26. The van der Waals surface area contributed by atoms with Crippen LogP contribution in [-0.2, 0) is 20.3 Å². The Morgan fingerprint density at radius 2 is 2.04 bits per heavy atom. The maximum Gasteiger partial charge on any atom is 0.274 e. The standard InChI is InChI=1S/C16H20ClN7O/c1-11-15(17)12(2)24(19-11)10-23-8-6-14(20-23)16(25)21(3)9-13-5-7-18-22(13)4/h5-8H,9-10H2,1-4H3. The van der Waals surface area contributed by atoms with E-state index in [1.165, 1.54) is 0 Å². The quantitative estimate of drug-likeness (QED) is 0.695. The van der Waals surface area contributed by atoms with Gasteiger partial charge >= 0.3 is 0 Å². The molecule has 0 saturated carbocycles. The fourth-order valence-electron chi connectivity index (χ4n) is 2.57. The molecule has 0 saturated heterocycles. The molecular formula is C16H20ClN7O. The van der Waals surface area contributed by atoms with E-state index in [1.54, 1.807) is 44.5 Å². The molecule has 3 heterocycles. The SMILES string of the molecule is Cc1nn(Cn2ccc(C(=O)N(C)Cc3ccnn3C)n2)c(C)c1Cl. The Bertz CT molecular complexity index is 908. The van der Waals surface area contributed by atoms with E-state index < -0.39 is 0 Å². The van der Waals surface area contributed by atoms with Gasteiger partial charge in [-0.15, -0.1) is 0 Å². The zero-order valence-corrected chi connectivity index (χ0v) is 15.4. The van der Waals surface area contributed by atoms with Crippen LogP contribution in [0.25, 0.3) is 0 Å². The van der Waals surface area contributed by atoms with Gasteiger partial charge in [0.2, 0.25) is 0 Å². The van der Waals surface area contributed by atoms with Crippen molar-refractivity contribution in [2.75, 3.05) is 7.05 Å². The van der Waals surface area contributed by atoms with Crippen molar-refractivity contribution in [2.45, 2.75) is 27.1 Å². The van der Waals surface area contributed by atoms with Crippen LogP contribution in [0, 0.1) is 13.8 Å². The normalized spacial score (nSPS) is 11.1. The van der Waals surface area contributed by atoms with E-state index >= 15 is 0 Å². The Balaban J connectivity index is 1.71. The Kier molecular flexibility index (Phi) is 4.63. The highest BCUT2D eigenvalue weighted by Gasteiger charge is 2.17. The van der Waals surface area contributed by atoms with E-state index in [4.69, 9.17) is 11.6 Å². The molecule has 0 aliphatic carbocycles. The second kappa shape index (κ2) is 6.72. The first-order valence-electron chi connectivity index (χ1n) is 7.82. The van der Waals surface area contributed by atoms with Crippen LogP contribution < -0.4 is 0 Å². The number of rotatable bonds is 5. The predicted molar refractivity (Wildman–Crippen MR) is 93.3 cm³/mol. The zero-order chi connectivity index (χ0) is 18.1. The van der Waals surface area contributed by atoms with Crippen LogP contribution >= 0.6 is 11.6 Å². The van der Waals surface area contributed by atoms with Gasteiger partial charge in [0.05, 0.1) is 28.6 Å². The topological polar surface area (TPSA) is 73.8 Å². The van der Waals surface area contributed by atoms with Crippen molar-refractivity contribution in [3.05, 3.63) is 52.3 Å². The van der Waals surface area contributed by atoms with Crippen molar-refractivity contribution in [3.8, 4) is 0 Å². The van der Waals surface area contributed by atoms with E-state index in [0.29, 0.717) is 23.9 Å². The summed E-state index contributed by atoms with van der Waals surface area (Å²) in [6.07, 6.45) is 3.47. The lowest BCUT2D eigenvalue weighted by molar-refractivity contribution is 0.0775. The smallest absolute Gasteiger partial charge is 0.274 e. The maximum absolute atomic E-state index is 12.6. The molecule has 0 N–H and O–H groups in total. The van der Waals surface area contributed by atoms with Gasteiger partial charge in [-0.05, 0) is 26.0 Å². The number of carbonyl (C=O) groups is 1. The minimum atomic E-state index is -0.147. The van der Waals surface area contributed by atoms with E-state index in [0.717, 1.165) is 17.1 Å². The molecule has 0 radical (unpaired) electrons. The van der Waals surface area contributed by atoms with Crippen LogP contribution in [0.3, 0.4) is 0 Å². The molecule has 0 spiro atoms. The molecule has 0 fully saturated rings. The largest absolute Gasteiger partial charge is 0.334 e. The molecule has 3 rings (SSSR count). The van der Waals surface area contributed by atoms with Crippen LogP contribution in [0.4, 0.5) is 0 Å². The van der Waals surface area contributed by atoms with Gasteiger partial charge in [-0.2, -0.15) is 15.3 Å². The molecule has 3 aromatic heterocycles. The monoisotopic (exact) mass is 361 g/mol. The highest BCUT2D eigenvalue weighted by atomic mass is 35.5. The molecule has 132 valence electrons. The lowest BCUT2D eigenvalue weighted by Crippen LogP contribution is -2.27. The molecule has 0 aromatic carbocycles. The van der Waals surface area contributed by atoms with Crippen LogP contribution in [0.1, 0.15) is 27.6 Å². The molecule has 25 heavy (non-hydrogen) atoms. The van der Waals surface area contributed by atoms with Crippen molar-refractivity contribution in [3.63, 3.8) is 0 Å². The van der Waals surface area contributed by atoms with Crippen LogP contribution in [0.15, 0.2) is 24.5 Å². The number of amides is 1. The highest BCUT2D eigenvalue weighted by molar-refractivity contribution is 6.31. The predicted octanol–water partition coefficient (Wildman–Crippen LogP) is 1.86. The number of nitrogens with zero attached hydrogens (tertiary/aromatic N) is 7. The van der Waals surface area contributed by atoms with Crippen LogP contribution in [0.2, 0.25) is 5.02 Å². The molecule has 9 heteroatoms. The molecule has 0 atom stereocenters. The summed E-state index contributed by atoms with van der Waals surface area (Å²) < 4.78 is 5.17. The van der Waals surface area contributed by atoms with Crippen molar-refractivity contribution in [2.24, 2.45) is 7.05 Å². The van der Waals surface area contributed by atoms with Crippen LogP contribution in [-0.4, -0.2) is 47.2 Å². The van der Waals surface area contributed by atoms with Gasteiger partial charge in [-0.1, -0.05) is 11.6 Å². The van der Waals surface area contributed by atoms with Gasteiger partial charge in [0.15, 0.2) is 0 Å². The molecule has 0 aliphatic rings. The summed E-state index contributed by atoms with van der Waals surface area (Å²) in [6, 6.07) is 3.59. The third-order valence-corrected chi connectivity index (χ3v) is 4.65. The average molecular weight is 362 g/mol. The Labute approximate surface area is 150 Å². The molecular weight excluding hydrogens is 342 g/mol. The lowest BCUT2D eigenvalue weighted by atomic mass is 10.3. The maximum atomic E-state index is 12.6. The van der Waals surface area contributed by atoms with Gasteiger partial charge in [0.25, 0.3) is 5.91 Å². The number of hydrogen-bond acceptors (Lipinski definition) is 4. The summed E-state index contributed by atoms with van der Waals surface area (Å²) in [5.74, 6) is -0.147. The summed E-state index contributed by atoms with van der Waals surface area (Å²) in [5, 5.41) is 13.5. The number of carbonyl (C=O) groups excluding carboxylic acids is 1. The summed E-state index contributed by atoms with van der Waals surface area (Å²) in [7, 11) is 3.59. The summed E-state index contributed by atoms with van der Waals surface area (Å²) in [6.45, 7) is 4.63. The first-order chi connectivity index (χ1) is 11.9. The highest BCUT2D eigenvalue weighted by Crippen LogP contribution is 2.18. The first-order valence-corrected chi connectivity index (χ1v) is 8.20. The van der Waals surface area contributed by atoms with Crippen molar-refractivity contribution in [1.29, 1.82) is 0 Å². The van der Waals surface area contributed by atoms with Gasteiger partial charge in [0.1, 0.15) is 12.4 Å². The second-order valence-corrected chi connectivity index (χ2v) is 6.35. The molecule has 3 aromatic rings. The fraction of sp³-hybridized carbons (Fsp3) is 0.375. The van der Waals surface area contributed by atoms with E-state index in [2.05, 4.69) is 15.3 Å². The molecule has 0 bridgehead atoms. The number of hydrogen-bond donors (Lipinski definition) is 0. The van der Waals surface area contributed by atoms with Gasteiger partial charge < -0.3 is 4.90 Å². The zero-order valence-electron chi connectivity index (χ0n) is 14.6. The summed E-state index contributed by atoms with van der Waals surface area (Å²) >= 11 is 6.16.